The Kier molecular flexibility index (Phi) is 6.27. The Morgan fingerprint density at radius 2 is 2.29 bits per heavy atom. The van der Waals surface area contributed by atoms with Gasteiger partial charge < -0.3 is 0 Å². The molecule has 0 aromatic carbocycles. The van der Waals surface area contributed by atoms with Crippen molar-refractivity contribution in [3.8, 4) is 6.19 Å². The SMILES string of the molecule is CSC(=NCCNS(C)(=O)=O)NC#N. The van der Waals surface area contributed by atoms with Crippen LogP contribution in [0.4, 0.5) is 0 Å². The van der Waals surface area contributed by atoms with Crippen LogP contribution in [0.5, 0.6) is 0 Å². The molecule has 80 valence electrons. The highest BCUT2D eigenvalue weighted by Crippen LogP contribution is 1.93. The molecular formula is C6H12N4O2S2. The number of rotatable bonds is 4. The standard InChI is InChI=1S/C6H12N4O2S2/c1-13-6(9-5-7)8-3-4-10-14(2,11)12/h10H,3-4H2,1-2H3,(H,8,9). The Morgan fingerprint density at radius 1 is 1.64 bits per heavy atom. The molecule has 0 aliphatic rings. The van der Waals surface area contributed by atoms with Crippen LogP contribution in [-0.4, -0.2) is 39.2 Å². The summed E-state index contributed by atoms with van der Waals surface area (Å²) < 4.78 is 23.6. The van der Waals surface area contributed by atoms with Crippen molar-refractivity contribution in [2.75, 3.05) is 25.6 Å². The summed E-state index contributed by atoms with van der Waals surface area (Å²) in [7, 11) is -3.15. The molecule has 0 saturated heterocycles. The Labute approximate surface area is 87.8 Å². The molecule has 0 atom stereocenters. The highest BCUT2D eigenvalue weighted by Gasteiger charge is 1.98. The van der Waals surface area contributed by atoms with Gasteiger partial charge in [-0.15, -0.1) is 0 Å². The highest BCUT2D eigenvalue weighted by atomic mass is 32.2. The average Bonchev–Trinajstić information content (AvgIpc) is 2.08. The van der Waals surface area contributed by atoms with E-state index in [1.165, 1.54) is 11.8 Å². The van der Waals surface area contributed by atoms with Crippen LogP contribution in [0, 0.1) is 11.5 Å². The van der Waals surface area contributed by atoms with E-state index in [0.717, 1.165) is 6.26 Å². The van der Waals surface area contributed by atoms with Crippen molar-refractivity contribution >= 4 is 27.0 Å². The molecule has 0 radical (unpaired) electrons. The Balaban J connectivity index is 3.86. The molecule has 6 nitrogen and oxygen atoms in total. The van der Waals surface area contributed by atoms with Crippen LogP contribution >= 0.6 is 11.8 Å². The van der Waals surface area contributed by atoms with Crippen molar-refractivity contribution in [3.05, 3.63) is 0 Å². The monoisotopic (exact) mass is 236 g/mol. The number of nitriles is 1. The van der Waals surface area contributed by atoms with Gasteiger partial charge in [0, 0.05) is 6.54 Å². The molecule has 0 bridgehead atoms. The smallest absolute Gasteiger partial charge is 0.208 e. The molecule has 0 spiro atoms. The first kappa shape index (κ1) is 13.2. The Morgan fingerprint density at radius 3 is 2.71 bits per heavy atom. The first-order valence-electron chi connectivity index (χ1n) is 3.68. The van der Waals surface area contributed by atoms with Gasteiger partial charge in [-0.3, -0.25) is 10.3 Å². The van der Waals surface area contributed by atoms with Crippen LogP contribution < -0.4 is 10.0 Å². The number of aliphatic imine (C=N–C) groups is 1. The van der Waals surface area contributed by atoms with Gasteiger partial charge in [0.2, 0.25) is 10.0 Å². The fourth-order valence-corrected chi connectivity index (χ4v) is 1.42. The van der Waals surface area contributed by atoms with Gasteiger partial charge >= 0.3 is 0 Å². The molecule has 2 N–H and O–H groups in total. The highest BCUT2D eigenvalue weighted by molar-refractivity contribution is 8.13. The maximum Gasteiger partial charge on any atom is 0.208 e. The number of hydrogen-bond acceptors (Lipinski definition) is 5. The van der Waals surface area contributed by atoms with E-state index in [1.54, 1.807) is 12.4 Å². The number of hydrogen-bond donors (Lipinski definition) is 2. The average molecular weight is 236 g/mol. The summed E-state index contributed by atoms with van der Waals surface area (Å²) in [6, 6.07) is 0. The molecule has 0 rings (SSSR count). The van der Waals surface area contributed by atoms with Crippen LogP contribution in [-0.2, 0) is 10.0 Å². The third-order valence-electron chi connectivity index (χ3n) is 1.09. The van der Waals surface area contributed by atoms with Crippen molar-refractivity contribution in [2.45, 2.75) is 0 Å². The van der Waals surface area contributed by atoms with Gasteiger partial charge in [0.1, 0.15) is 0 Å². The zero-order chi connectivity index (χ0) is 11.0. The molecule has 0 aromatic heterocycles. The van der Waals surface area contributed by atoms with Crippen molar-refractivity contribution in [3.63, 3.8) is 0 Å². The van der Waals surface area contributed by atoms with Gasteiger partial charge in [0.25, 0.3) is 0 Å². The van der Waals surface area contributed by atoms with Crippen LogP contribution in [0.15, 0.2) is 4.99 Å². The Hall–Kier alpha value is -0.780. The van der Waals surface area contributed by atoms with E-state index in [-0.39, 0.29) is 6.54 Å². The van der Waals surface area contributed by atoms with Gasteiger partial charge in [-0.25, -0.2) is 13.1 Å². The number of sulfonamides is 1. The number of amidine groups is 1. The van der Waals surface area contributed by atoms with Crippen molar-refractivity contribution in [2.24, 2.45) is 4.99 Å². The van der Waals surface area contributed by atoms with Crippen molar-refractivity contribution in [1.29, 1.82) is 5.26 Å². The van der Waals surface area contributed by atoms with Crippen molar-refractivity contribution in [1.82, 2.24) is 10.0 Å². The van der Waals surface area contributed by atoms with E-state index >= 15 is 0 Å². The number of nitrogens with one attached hydrogen (secondary N) is 2. The topological polar surface area (TPSA) is 94.3 Å². The summed E-state index contributed by atoms with van der Waals surface area (Å²) in [5.74, 6) is 0. The molecule has 0 heterocycles. The minimum Gasteiger partial charge on any atom is -0.272 e. The molecule has 0 unspecified atom stereocenters. The van der Waals surface area contributed by atoms with Gasteiger partial charge in [0.15, 0.2) is 11.4 Å². The van der Waals surface area contributed by atoms with E-state index in [4.69, 9.17) is 5.26 Å². The molecule has 0 aliphatic carbocycles. The summed E-state index contributed by atoms with van der Waals surface area (Å²) in [4.78, 5) is 3.95. The first-order chi connectivity index (χ1) is 6.49. The summed E-state index contributed by atoms with van der Waals surface area (Å²) in [6.45, 7) is 0.536. The van der Waals surface area contributed by atoms with Crippen LogP contribution in [0.3, 0.4) is 0 Å². The summed E-state index contributed by atoms with van der Waals surface area (Å²) >= 11 is 1.29. The second-order valence-electron chi connectivity index (χ2n) is 2.29. The number of thioether (sulfide) groups is 1. The fourth-order valence-electron chi connectivity index (χ4n) is 0.591. The van der Waals surface area contributed by atoms with E-state index in [9.17, 15) is 8.42 Å². The van der Waals surface area contributed by atoms with E-state index in [0.29, 0.717) is 11.7 Å². The normalized spacial score (nSPS) is 12.2. The molecular weight excluding hydrogens is 224 g/mol. The van der Waals surface area contributed by atoms with Gasteiger partial charge in [-0.2, -0.15) is 5.26 Å². The summed E-state index contributed by atoms with van der Waals surface area (Å²) in [5, 5.41) is 11.1. The van der Waals surface area contributed by atoms with E-state index in [1.807, 2.05) is 0 Å². The minimum atomic E-state index is -3.15. The molecule has 0 saturated carbocycles. The zero-order valence-corrected chi connectivity index (χ0v) is 9.57. The van der Waals surface area contributed by atoms with Crippen molar-refractivity contribution < 1.29 is 8.42 Å². The lowest BCUT2D eigenvalue weighted by Gasteiger charge is -2.00. The lowest BCUT2D eigenvalue weighted by molar-refractivity contribution is 0.588. The van der Waals surface area contributed by atoms with Crippen LogP contribution in [0.25, 0.3) is 0 Å². The van der Waals surface area contributed by atoms with Gasteiger partial charge in [0.05, 0.1) is 12.8 Å². The largest absolute Gasteiger partial charge is 0.272 e. The maximum absolute atomic E-state index is 10.6. The molecule has 0 aromatic rings. The second-order valence-corrected chi connectivity index (χ2v) is 4.92. The maximum atomic E-state index is 10.6. The van der Waals surface area contributed by atoms with Gasteiger partial charge in [-0.05, 0) is 6.26 Å². The van der Waals surface area contributed by atoms with E-state index in [2.05, 4.69) is 15.0 Å². The fraction of sp³-hybridized carbons (Fsp3) is 0.667. The van der Waals surface area contributed by atoms with E-state index < -0.39 is 10.0 Å². The third kappa shape index (κ3) is 7.85. The van der Waals surface area contributed by atoms with Crippen LogP contribution in [0.1, 0.15) is 0 Å². The Bertz CT molecular complexity index is 330. The predicted molar refractivity (Wildman–Crippen MR) is 57.4 cm³/mol. The summed E-state index contributed by atoms with van der Waals surface area (Å²) in [6.07, 6.45) is 4.59. The number of nitrogens with zero attached hydrogens (tertiary/aromatic N) is 2. The lowest BCUT2D eigenvalue weighted by atomic mass is 10.7. The molecule has 0 amide bonds. The quantitative estimate of drug-likeness (QED) is 0.222. The lowest BCUT2D eigenvalue weighted by Crippen LogP contribution is -2.25. The molecule has 0 aliphatic heterocycles. The molecule has 8 heteroatoms. The predicted octanol–water partition coefficient (Wildman–Crippen LogP) is -0.675. The first-order valence-corrected chi connectivity index (χ1v) is 6.79. The summed E-state index contributed by atoms with van der Waals surface area (Å²) in [5.41, 5.74) is 0. The zero-order valence-electron chi connectivity index (χ0n) is 7.94. The van der Waals surface area contributed by atoms with Crippen LogP contribution in [0.2, 0.25) is 0 Å². The van der Waals surface area contributed by atoms with Gasteiger partial charge in [-0.1, -0.05) is 11.8 Å². The molecule has 0 fully saturated rings. The minimum absolute atomic E-state index is 0.232. The second kappa shape index (κ2) is 6.64. The third-order valence-corrected chi connectivity index (χ3v) is 2.43. The molecule has 14 heavy (non-hydrogen) atoms.